The highest BCUT2D eigenvalue weighted by Gasteiger charge is 2.69. The first-order chi connectivity index (χ1) is 23.4. The van der Waals surface area contributed by atoms with Gasteiger partial charge in [0.25, 0.3) is 5.91 Å². The minimum Gasteiger partial charge on any atom is -0.444 e. The molecule has 3 N–H and O–H groups in total. The predicted molar refractivity (Wildman–Crippen MR) is 189 cm³/mol. The lowest BCUT2D eigenvalue weighted by Gasteiger charge is -2.37. The number of sulfone groups is 1. The van der Waals surface area contributed by atoms with Crippen LogP contribution in [0, 0.1) is 23.2 Å². The van der Waals surface area contributed by atoms with Gasteiger partial charge in [0, 0.05) is 13.1 Å². The Morgan fingerprint density at radius 3 is 2.32 bits per heavy atom. The van der Waals surface area contributed by atoms with Gasteiger partial charge < -0.3 is 25.6 Å². The number of alkyl carbamates (subject to hydrolysis) is 1. The van der Waals surface area contributed by atoms with Crippen LogP contribution >= 0.6 is 0 Å². The lowest BCUT2D eigenvalue weighted by molar-refractivity contribution is -0.145. The minimum absolute atomic E-state index is 0.0548. The number of amides is 4. The average molecular weight is 715 g/mol. The third kappa shape index (κ3) is 9.95. The van der Waals surface area contributed by atoms with E-state index in [1.165, 1.54) is 0 Å². The van der Waals surface area contributed by atoms with Crippen molar-refractivity contribution in [3.63, 3.8) is 0 Å². The van der Waals surface area contributed by atoms with Crippen LogP contribution in [0.25, 0.3) is 0 Å². The van der Waals surface area contributed by atoms with Crippen molar-refractivity contribution in [3.05, 3.63) is 48.6 Å². The highest BCUT2D eigenvalue weighted by Crippen LogP contribution is 2.65. The number of nitrogens with one attached hydrogen (secondary N) is 3. The average Bonchev–Trinajstić information content (AvgIpc) is 3.35. The maximum atomic E-state index is 14.3. The fraction of sp³-hybridized carbons (Fsp3) is 0.649. The molecule has 1 saturated heterocycles. The molecule has 3 fully saturated rings. The molecule has 13 heteroatoms. The number of Topliss-reactive ketones (excluding diaryl/α,β-unsaturated/α-hetero) is 1. The second kappa shape index (κ2) is 16.1. The van der Waals surface area contributed by atoms with E-state index in [-0.39, 0.29) is 53.5 Å². The van der Waals surface area contributed by atoms with Crippen LogP contribution in [0.15, 0.2) is 43.0 Å². The Kier molecular flexibility index (Phi) is 12.6. The highest BCUT2D eigenvalue weighted by atomic mass is 32.2. The molecule has 50 heavy (non-hydrogen) atoms. The molecule has 4 amide bonds. The van der Waals surface area contributed by atoms with Crippen molar-refractivity contribution in [2.24, 2.45) is 23.2 Å². The van der Waals surface area contributed by atoms with Crippen LogP contribution in [-0.4, -0.2) is 85.5 Å². The summed E-state index contributed by atoms with van der Waals surface area (Å²) in [5.41, 5.74) is -0.365. The second-order valence-electron chi connectivity index (χ2n) is 15.5. The van der Waals surface area contributed by atoms with E-state index in [1.54, 1.807) is 62.1 Å². The van der Waals surface area contributed by atoms with Crippen molar-refractivity contribution in [2.75, 3.05) is 18.8 Å². The van der Waals surface area contributed by atoms with Gasteiger partial charge >= 0.3 is 6.09 Å². The van der Waals surface area contributed by atoms with Gasteiger partial charge in [-0.2, -0.15) is 0 Å². The summed E-state index contributed by atoms with van der Waals surface area (Å²) in [5.74, 6) is -3.59. The number of ether oxygens (including phenoxy) is 1. The highest BCUT2D eigenvalue weighted by molar-refractivity contribution is 7.90. The molecule has 0 spiro atoms. The molecule has 0 bridgehead atoms. The Hall–Kier alpha value is -3.74. The maximum absolute atomic E-state index is 14.3. The number of hydrogen-bond donors (Lipinski definition) is 3. The normalized spacial score (nSPS) is 22.7. The van der Waals surface area contributed by atoms with Gasteiger partial charge in [-0.1, -0.05) is 69.5 Å². The van der Waals surface area contributed by atoms with Crippen LogP contribution in [0.4, 0.5) is 4.79 Å². The van der Waals surface area contributed by atoms with Gasteiger partial charge in [0.2, 0.25) is 17.6 Å². The fourth-order valence-corrected chi connectivity index (χ4v) is 8.81. The van der Waals surface area contributed by atoms with E-state index in [1.807, 2.05) is 13.8 Å². The predicted octanol–water partition coefficient (Wildman–Crippen LogP) is 3.69. The topological polar surface area (TPSA) is 168 Å². The summed E-state index contributed by atoms with van der Waals surface area (Å²) in [6.07, 6.45) is 5.73. The van der Waals surface area contributed by atoms with Crippen molar-refractivity contribution in [2.45, 2.75) is 109 Å². The van der Waals surface area contributed by atoms with Crippen LogP contribution in [0.2, 0.25) is 0 Å². The maximum Gasteiger partial charge on any atom is 0.408 e. The summed E-state index contributed by atoms with van der Waals surface area (Å²) in [4.78, 5) is 69.2. The van der Waals surface area contributed by atoms with Crippen LogP contribution in [0.1, 0.15) is 85.1 Å². The molecule has 276 valence electrons. The van der Waals surface area contributed by atoms with Crippen LogP contribution < -0.4 is 16.0 Å². The number of allylic oxidation sites excluding steroid dienone is 1. The Labute approximate surface area is 296 Å². The summed E-state index contributed by atoms with van der Waals surface area (Å²) in [6, 6.07) is 5.67. The van der Waals surface area contributed by atoms with Crippen molar-refractivity contribution in [1.29, 1.82) is 0 Å². The molecule has 5 atom stereocenters. The molecule has 1 aliphatic heterocycles. The van der Waals surface area contributed by atoms with E-state index in [0.717, 1.165) is 32.1 Å². The van der Waals surface area contributed by atoms with Crippen molar-refractivity contribution in [1.82, 2.24) is 20.9 Å². The molecule has 1 heterocycles. The molecule has 0 aromatic heterocycles. The molecule has 4 rings (SSSR count). The second-order valence-corrected chi connectivity index (χ2v) is 17.7. The molecular weight excluding hydrogens is 660 g/mol. The first-order valence-corrected chi connectivity index (χ1v) is 19.5. The summed E-state index contributed by atoms with van der Waals surface area (Å²) < 4.78 is 30.7. The zero-order valence-electron chi connectivity index (χ0n) is 30.0. The molecule has 1 unspecified atom stereocenters. The summed E-state index contributed by atoms with van der Waals surface area (Å²) in [7, 11) is -3.56. The number of likely N-dealkylation sites (tertiary alicyclic amines) is 1. The quantitative estimate of drug-likeness (QED) is 0.183. The van der Waals surface area contributed by atoms with E-state index < -0.39 is 57.3 Å². The molecule has 2 saturated carbocycles. The summed E-state index contributed by atoms with van der Waals surface area (Å²) in [6.45, 7) is 13.1. The number of piperidine rings is 1. The van der Waals surface area contributed by atoms with E-state index in [4.69, 9.17) is 4.74 Å². The molecule has 1 aromatic carbocycles. The van der Waals surface area contributed by atoms with Gasteiger partial charge in [0.15, 0.2) is 9.84 Å². The SMILES string of the molecule is C=CCCC(NC(=O)[C@@H]1[C@@H]2[C@H](CN1C(=O)[C@@H](NC(=O)OC(C)(C)C)C1CCCCC1)C2(C)C)C(=O)C(=O)NCCS(=O)(=O)Cc1ccccc1. The smallest absolute Gasteiger partial charge is 0.408 e. The van der Waals surface area contributed by atoms with Gasteiger partial charge in [-0.15, -0.1) is 6.58 Å². The summed E-state index contributed by atoms with van der Waals surface area (Å²) >= 11 is 0. The van der Waals surface area contributed by atoms with Gasteiger partial charge in [-0.05, 0) is 75.2 Å². The molecule has 1 aromatic rings. The molecule has 0 radical (unpaired) electrons. The van der Waals surface area contributed by atoms with Crippen molar-refractivity contribution in [3.8, 4) is 0 Å². The van der Waals surface area contributed by atoms with E-state index in [9.17, 15) is 32.4 Å². The zero-order valence-corrected chi connectivity index (χ0v) is 30.9. The van der Waals surface area contributed by atoms with Crippen molar-refractivity contribution >= 4 is 39.4 Å². The number of rotatable bonds is 15. The monoisotopic (exact) mass is 714 g/mol. The Morgan fingerprint density at radius 1 is 1.04 bits per heavy atom. The van der Waals surface area contributed by atoms with Gasteiger partial charge in [0.05, 0.1) is 17.5 Å². The Balaban J connectivity index is 1.46. The van der Waals surface area contributed by atoms with Gasteiger partial charge in [-0.25, -0.2) is 13.2 Å². The zero-order chi connectivity index (χ0) is 36.9. The number of carbonyl (C=O) groups excluding carboxylic acids is 5. The van der Waals surface area contributed by atoms with Gasteiger partial charge in [-0.3, -0.25) is 19.2 Å². The van der Waals surface area contributed by atoms with E-state index in [2.05, 4.69) is 22.5 Å². The van der Waals surface area contributed by atoms with E-state index in [0.29, 0.717) is 18.5 Å². The fourth-order valence-electron chi connectivity index (χ4n) is 7.55. The number of carbonyl (C=O) groups is 5. The Bertz CT molecular complexity index is 1530. The first-order valence-electron chi connectivity index (χ1n) is 17.7. The third-order valence-corrected chi connectivity index (χ3v) is 11.9. The molecular formula is C37H54N4O8S. The first kappa shape index (κ1) is 39.1. The van der Waals surface area contributed by atoms with Crippen LogP contribution in [-0.2, 0) is 39.5 Å². The summed E-state index contributed by atoms with van der Waals surface area (Å²) in [5, 5.41) is 8.00. The molecule has 12 nitrogen and oxygen atoms in total. The number of benzene rings is 1. The molecule has 3 aliphatic rings. The lowest BCUT2D eigenvalue weighted by atomic mass is 9.83. The van der Waals surface area contributed by atoms with Crippen LogP contribution in [0.3, 0.4) is 0 Å². The Morgan fingerprint density at radius 2 is 1.70 bits per heavy atom. The largest absolute Gasteiger partial charge is 0.444 e. The third-order valence-electron chi connectivity index (χ3n) is 10.3. The van der Waals surface area contributed by atoms with Crippen molar-refractivity contribution < 1.29 is 37.1 Å². The number of nitrogens with zero attached hydrogens (tertiary/aromatic N) is 1. The number of hydrogen-bond acceptors (Lipinski definition) is 8. The number of fused-ring (bicyclic) bond motifs is 1. The lowest BCUT2D eigenvalue weighted by Crippen LogP contribution is -2.60. The minimum atomic E-state index is -3.56. The van der Waals surface area contributed by atoms with Gasteiger partial charge in [0.1, 0.15) is 17.7 Å². The standard InChI is InChI=1S/C37H54N4O8S/c1-7-8-19-27(31(42)33(44)38-20-21-50(47,48)23-24-15-11-9-12-16-24)39-32(43)30-28-26(37(28,5)6)22-41(30)34(45)29(25-17-13-10-14-18-25)40-35(46)49-36(2,3)4/h7,9,11-12,15-16,25-30H,1,8,10,13-14,17-23H2,2-6H3,(H,38,44)(H,39,43)(H,40,46)/t26-,27?,28-,29-,30-/m0/s1. The molecule has 2 aliphatic carbocycles. The number of ketones is 1. The van der Waals surface area contributed by atoms with E-state index >= 15 is 0 Å². The van der Waals surface area contributed by atoms with Crippen LogP contribution in [0.5, 0.6) is 0 Å².